The molecule has 0 aliphatic carbocycles. The Labute approximate surface area is 126 Å². The molecule has 3 nitrogen and oxygen atoms in total. The first-order valence-corrected chi connectivity index (χ1v) is 6.74. The maximum absolute atomic E-state index is 11.4. The van der Waals surface area contributed by atoms with Crippen molar-refractivity contribution < 1.29 is 9.63 Å². The Kier molecular flexibility index (Phi) is 7.54. The summed E-state index contributed by atoms with van der Waals surface area (Å²) in [5, 5.41) is 1.19. The number of hydroxylamine groups is 2. The summed E-state index contributed by atoms with van der Waals surface area (Å²) in [7, 11) is 3.04. The molecule has 0 fully saturated rings. The van der Waals surface area contributed by atoms with Gasteiger partial charge in [0, 0.05) is 12.6 Å². The van der Waals surface area contributed by atoms with Crippen LogP contribution < -0.4 is 0 Å². The zero-order chi connectivity index (χ0) is 15.5. The predicted molar refractivity (Wildman–Crippen MR) is 86.7 cm³/mol. The highest BCUT2D eigenvalue weighted by Gasteiger charge is 2.08. The van der Waals surface area contributed by atoms with Crippen molar-refractivity contribution >= 4 is 12.0 Å². The van der Waals surface area contributed by atoms with Crippen molar-refractivity contribution in [2.24, 2.45) is 0 Å². The van der Waals surface area contributed by atoms with Crippen molar-refractivity contribution in [3.8, 4) is 0 Å². The van der Waals surface area contributed by atoms with Gasteiger partial charge in [0.15, 0.2) is 0 Å². The van der Waals surface area contributed by atoms with Gasteiger partial charge in [-0.05, 0) is 24.6 Å². The predicted octanol–water partition coefficient (Wildman–Crippen LogP) is 4.04. The minimum Gasteiger partial charge on any atom is -0.274 e. The summed E-state index contributed by atoms with van der Waals surface area (Å²) in [6, 6.07) is 19.3. The maximum atomic E-state index is 11.4. The number of rotatable bonds is 3. The Morgan fingerprint density at radius 2 is 1.52 bits per heavy atom. The van der Waals surface area contributed by atoms with Crippen molar-refractivity contribution in [2.75, 3.05) is 14.2 Å². The van der Waals surface area contributed by atoms with Crippen LogP contribution in [0.4, 0.5) is 0 Å². The summed E-state index contributed by atoms with van der Waals surface area (Å²) in [4.78, 5) is 16.1. The molecule has 0 saturated carbocycles. The van der Waals surface area contributed by atoms with Gasteiger partial charge >= 0.3 is 0 Å². The first-order valence-electron chi connectivity index (χ1n) is 6.74. The summed E-state index contributed by atoms with van der Waals surface area (Å²) in [5.74, 6) is -0.141. The highest BCUT2D eigenvalue weighted by atomic mass is 16.7. The quantitative estimate of drug-likeness (QED) is 0.796. The zero-order valence-electron chi connectivity index (χ0n) is 12.7. The van der Waals surface area contributed by atoms with Crippen LogP contribution in [0.5, 0.6) is 0 Å². The molecule has 0 heterocycles. The third kappa shape index (κ3) is 6.06. The summed E-state index contributed by atoms with van der Waals surface area (Å²) in [6.45, 7) is 2.02. The average Bonchev–Trinajstić information content (AvgIpc) is 2.56. The molecular formula is C18H21NO2. The number of carbonyl (C=O) groups excluding carboxylic acids is 1. The molecule has 21 heavy (non-hydrogen) atoms. The van der Waals surface area contributed by atoms with Crippen LogP contribution in [-0.2, 0) is 4.84 Å². The zero-order valence-corrected chi connectivity index (χ0v) is 12.7. The van der Waals surface area contributed by atoms with Crippen LogP contribution in [0.15, 0.2) is 66.7 Å². The molecular weight excluding hydrogens is 262 g/mol. The molecule has 0 N–H and O–H groups in total. The van der Waals surface area contributed by atoms with Crippen LogP contribution in [0.2, 0.25) is 0 Å². The monoisotopic (exact) mass is 283 g/mol. The average molecular weight is 283 g/mol. The van der Waals surface area contributed by atoms with Crippen molar-refractivity contribution in [2.45, 2.75) is 6.92 Å². The van der Waals surface area contributed by atoms with Crippen LogP contribution in [-0.4, -0.2) is 25.1 Å². The van der Waals surface area contributed by atoms with Gasteiger partial charge in [-0.3, -0.25) is 9.63 Å². The molecule has 0 aliphatic rings. The Morgan fingerprint density at radius 1 is 1.00 bits per heavy atom. The fourth-order valence-electron chi connectivity index (χ4n) is 1.60. The number of carbonyl (C=O) groups is 1. The number of amides is 1. The minimum absolute atomic E-state index is 0.141. The van der Waals surface area contributed by atoms with E-state index >= 15 is 0 Å². The van der Waals surface area contributed by atoms with E-state index in [0.717, 1.165) is 0 Å². The van der Waals surface area contributed by atoms with E-state index < -0.39 is 0 Å². The largest absolute Gasteiger partial charge is 0.277 e. The van der Waals surface area contributed by atoms with Gasteiger partial charge in [0.2, 0.25) is 0 Å². The molecule has 1 amide bonds. The van der Waals surface area contributed by atoms with Gasteiger partial charge in [-0.25, -0.2) is 5.06 Å². The Morgan fingerprint density at radius 3 is 2.00 bits per heavy atom. The molecule has 0 aromatic heterocycles. The van der Waals surface area contributed by atoms with E-state index in [2.05, 4.69) is 18.2 Å². The smallest absolute Gasteiger partial charge is 0.274 e. The van der Waals surface area contributed by atoms with Gasteiger partial charge in [-0.2, -0.15) is 0 Å². The molecule has 110 valence electrons. The summed E-state index contributed by atoms with van der Waals surface area (Å²) in [6.07, 6.45) is 4.12. The van der Waals surface area contributed by atoms with Crippen molar-refractivity contribution in [3.05, 3.63) is 77.9 Å². The molecule has 0 unspecified atom stereocenters. The molecule has 2 aromatic carbocycles. The van der Waals surface area contributed by atoms with Crippen molar-refractivity contribution in [1.82, 2.24) is 5.06 Å². The maximum Gasteiger partial charge on any atom is 0.277 e. The van der Waals surface area contributed by atoms with E-state index in [1.165, 1.54) is 17.7 Å². The van der Waals surface area contributed by atoms with Gasteiger partial charge in [0.25, 0.3) is 5.91 Å². The second-order valence-corrected chi connectivity index (χ2v) is 4.26. The molecule has 0 spiro atoms. The van der Waals surface area contributed by atoms with Gasteiger partial charge in [0.05, 0.1) is 7.11 Å². The van der Waals surface area contributed by atoms with E-state index in [1.54, 1.807) is 19.2 Å². The van der Waals surface area contributed by atoms with Crippen LogP contribution in [0.3, 0.4) is 0 Å². The lowest BCUT2D eigenvalue weighted by atomic mass is 10.2. The van der Waals surface area contributed by atoms with E-state index in [0.29, 0.717) is 5.56 Å². The van der Waals surface area contributed by atoms with Crippen LogP contribution in [0.1, 0.15) is 22.8 Å². The summed E-state index contributed by atoms with van der Waals surface area (Å²) < 4.78 is 0. The Hall–Kier alpha value is -2.39. The molecule has 3 heteroatoms. The van der Waals surface area contributed by atoms with E-state index in [9.17, 15) is 4.79 Å². The van der Waals surface area contributed by atoms with Crippen LogP contribution in [0.25, 0.3) is 6.08 Å². The highest BCUT2D eigenvalue weighted by Crippen LogP contribution is 2.02. The third-order valence-electron chi connectivity index (χ3n) is 2.74. The number of hydrogen-bond acceptors (Lipinski definition) is 2. The first kappa shape index (κ1) is 16.7. The first-order chi connectivity index (χ1) is 10.2. The fourth-order valence-corrected chi connectivity index (χ4v) is 1.60. The third-order valence-corrected chi connectivity index (χ3v) is 2.74. The summed E-state index contributed by atoms with van der Waals surface area (Å²) in [5.41, 5.74) is 1.89. The Balaban J connectivity index is 0.000000219. The second kappa shape index (κ2) is 9.50. The van der Waals surface area contributed by atoms with Gasteiger partial charge in [0.1, 0.15) is 0 Å². The van der Waals surface area contributed by atoms with Gasteiger partial charge in [-0.15, -0.1) is 0 Å². The van der Waals surface area contributed by atoms with Gasteiger partial charge in [-0.1, -0.05) is 60.7 Å². The number of nitrogens with zero attached hydrogens (tertiary/aromatic N) is 1. The second-order valence-electron chi connectivity index (χ2n) is 4.26. The number of allylic oxidation sites excluding steroid dienone is 1. The lowest BCUT2D eigenvalue weighted by molar-refractivity contribution is -0.0756. The highest BCUT2D eigenvalue weighted by molar-refractivity contribution is 5.93. The molecule has 0 radical (unpaired) electrons. The van der Waals surface area contributed by atoms with Gasteiger partial charge < -0.3 is 0 Å². The minimum atomic E-state index is -0.141. The molecule has 0 aliphatic heterocycles. The van der Waals surface area contributed by atoms with Crippen LogP contribution >= 0.6 is 0 Å². The number of benzene rings is 2. The fraction of sp³-hybridized carbons (Fsp3) is 0.167. The van der Waals surface area contributed by atoms with E-state index in [4.69, 9.17) is 4.84 Å². The van der Waals surface area contributed by atoms with E-state index in [1.807, 2.05) is 49.4 Å². The van der Waals surface area contributed by atoms with Crippen molar-refractivity contribution in [3.63, 3.8) is 0 Å². The topological polar surface area (TPSA) is 29.5 Å². The van der Waals surface area contributed by atoms with E-state index in [-0.39, 0.29) is 5.91 Å². The lowest BCUT2D eigenvalue weighted by Crippen LogP contribution is -2.25. The molecule has 2 aromatic rings. The lowest BCUT2D eigenvalue weighted by Gasteiger charge is -2.12. The van der Waals surface area contributed by atoms with Crippen LogP contribution in [0, 0.1) is 0 Å². The molecule has 0 atom stereocenters. The number of hydrogen-bond donors (Lipinski definition) is 0. The SMILES string of the molecule is C/C=C/c1ccccc1.CON(C)C(=O)c1ccccc1. The van der Waals surface area contributed by atoms with Crippen molar-refractivity contribution in [1.29, 1.82) is 0 Å². The molecule has 0 bridgehead atoms. The Bertz CT molecular complexity index is 550. The summed E-state index contributed by atoms with van der Waals surface area (Å²) >= 11 is 0. The molecule has 2 rings (SSSR count). The normalized spacial score (nSPS) is 9.86. The molecule has 0 saturated heterocycles. The standard InChI is InChI=1S/C9H11NO2.C9H10/c1-10(12-2)9(11)8-6-4-3-5-7-8;1-2-6-9-7-4-3-5-8-9/h3-7H,1-2H3;2-8H,1H3/b;6-2+.